The summed E-state index contributed by atoms with van der Waals surface area (Å²) in [4.78, 5) is 15.0. The summed E-state index contributed by atoms with van der Waals surface area (Å²) in [5.41, 5.74) is -0.0763. The van der Waals surface area contributed by atoms with Crippen LogP contribution in [0.25, 0.3) is 11.5 Å². The molecule has 152 valence electrons. The van der Waals surface area contributed by atoms with Gasteiger partial charge < -0.3 is 14.0 Å². The third kappa shape index (κ3) is 4.25. The lowest BCUT2D eigenvalue weighted by Crippen LogP contribution is -2.45. The number of hydrogen-bond acceptors (Lipinski definition) is 8. The lowest BCUT2D eigenvalue weighted by atomic mass is 9.91. The predicted octanol–water partition coefficient (Wildman–Crippen LogP) is 2.68. The van der Waals surface area contributed by atoms with Crippen LogP contribution in [0.5, 0.6) is 5.75 Å². The molecule has 3 heterocycles. The average molecular weight is 399 g/mol. The first-order valence-corrected chi connectivity index (χ1v) is 9.46. The molecule has 0 aliphatic carbocycles. The summed E-state index contributed by atoms with van der Waals surface area (Å²) in [5, 5.41) is 4.03. The number of halogens is 1. The quantitative estimate of drug-likeness (QED) is 0.599. The van der Waals surface area contributed by atoms with Gasteiger partial charge in [-0.25, -0.2) is 9.37 Å². The van der Waals surface area contributed by atoms with Gasteiger partial charge in [0.1, 0.15) is 17.9 Å². The summed E-state index contributed by atoms with van der Waals surface area (Å²) in [6.45, 7) is 2.66. The van der Waals surface area contributed by atoms with E-state index in [2.05, 4.69) is 25.0 Å². The van der Waals surface area contributed by atoms with Crippen LogP contribution in [0.3, 0.4) is 0 Å². The van der Waals surface area contributed by atoms with Gasteiger partial charge in [0.15, 0.2) is 11.6 Å². The molecule has 29 heavy (non-hydrogen) atoms. The van der Waals surface area contributed by atoms with Crippen LogP contribution in [-0.2, 0) is 10.3 Å². The normalized spacial score (nSPS) is 16.6. The Labute approximate surface area is 167 Å². The summed E-state index contributed by atoms with van der Waals surface area (Å²) in [6, 6.07) is 6.42. The monoisotopic (exact) mass is 399 g/mol. The van der Waals surface area contributed by atoms with Gasteiger partial charge in [-0.2, -0.15) is 4.98 Å². The number of methoxy groups -OCH3 is 1. The van der Waals surface area contributed by atoms with E-state index in [0.29, 0.717) is 43.4 Å². The maximum absolute atomic E-state index is 13.6. The fourth-order valence-corrected chi connectivity index (χ4v) is 3.42. The first-order valence-electron chi connectivity index (χ1n) is 9.46. The Morgan fingerprint density at radius 3 is 2.76 bits per heavy atom. The molecule has 0 unspecified atom stereocenters. The highest BCUT2D eigenvalue weighted by atomic mass is 19.1. The molecule has 9 heteroatoms. The zero-order valence-electron chi connectivity index (χ0n) is 16.1. The van der Waals surface area contributed by atoms with E-state index in [9.17, 15) is 4.39 Å². The van der Waals surface area contributed by atoms with Crippen molar-refractivity contribution >= 4 is 0 Å². The molecule has 1 aromatic carbocycles. The van der Waals surface area contributed by atoms with Crippen molar-refractivity contribution in [2.45, 2.75) is 18.4 Å². The Kier molecular flexibility index (Phi) is 5.77. The van der Waals surface area contributed by atoms with E-state index in [1.165, 1.54) is 6.07 Å². The van der Waals surface area contributed by atoms with Gasteiger partial charge >= 0.3 is 0 Å². The van der Waals surface area contributed by atoms with E-state index in [4.69, 9.17) is 14.0 Å². The van der Waals surface area contributed by atoms with Gasteiger partial charge in [0.25, 0.3) is 5.89 Å². The number of benzene rings is 1. The van der Waals surface area contributed by atoms with Crippen LogP contribution >= 0.6 is 0 Å². The van der Waals surface area contributed by atoms with Crippen LogP contribution in [0.4, 0.5) is 4.39 Å². The number of nitrogens with zero attached hydrogens (tertiary/aromatic N) is 5. The second-order valence-electron chi connectivity index (χ2n) is 6.83. The zero-order valence-corrected chi connectivity index (χ0v) is 16.1. The minimum absolute atomic E-state index is 0.276. The van der Waals surface area contributed by atoms with Gasteiger partial charge in [-0.15, -0.1) is 0 Å². The molecule has 0 spiro atoms. The fourth-order valence-electron chi connectivity index (χ4n) is 3.42. The Bertz CT molecular complexity index is 929. The van der Waals surface area contributed by atoms with E-state index < -0.39 is 5.60 Å². The zero-order chi connectivity index (χ0) is 20.1. The van der Waals surface area contributed by atoms with Crippen molar-refractivity contribution in [2.24, 2.45) is 0 Å². The maximum atomic E-state index is 13.6. The molecule has 0 bridgehead atoms. The molecule has 1 fully saturated rings. The van der Waals surface area contributed by atoms with Crippen LogP contribution < -0.4 is 4.74 Å². The molecule has 2 aromatic heterocycles. The molecule has 3 aromatic rings. The van der Waals surface area contributed by atoms with Gasteiger partial charge in [0.2, 0.25) is 5.82 Å². The molecule has 4 rings (SSSR count). The standard InChI is InChI=1S/C20H22FN5O3/c1-27-20(19-24-18(25-29-19)16-14-22-8-9-23-16)6-10-26(11-7-20)12-13-28-17-5-3-2-4-15(17)21/h2-5,8-9,14H,6-7,10-13H2,1H3. The highest BCUT2D eigenvalue weighted by molar-refractivity contribution is 5.45. The van der Waals surface area contributed by atoms with Gasteiger partial charge in [0, 0.05) is 39.1 Å². The van der Waals surface area contributed by atoms with Crippen molar-refractivity contribution in [1.82, 2.24) is 25.0 Å². The van der Waals surface area contributed by atoms with E-state index in [1.807, 2.05) is 0 Å². The summed E-state index contributed by atoms with van der Waals surface area (Å²) in [7, 11) is 1.66. The van der Waals surface area contributed by atoms with Crippen LogP contribution in [-0.4, -0.2) is 58.4 Å². The smallest absolute Gasteiger partial charge is 0.259 e. The summed E-state index contributed by atoms with van der Waals surface area (Å²) in [5.74, 6) is 0.770. The lowest BCUT2D eigenvalue weighted by molar-refractivity contribution is -0.0835. The molecule has 8 nitrogen and oxygen atoms in total. The Morgan fingerprint density at radius 1 is 1.21 bits per heavy atom. The van der Waals surface area contributed by atoms with Crippen molar-refractivity contribution in [3.8, 4) is 17.3 Å². The summed E-state index contributed by atoms with van der Waals surface area (Å²) < 4.78 is 30.5. The second kappa shape index (κ2) is 8.62. The van der Waals surface area contributed by atoms with Gasteiger partial charge in [-0.05, 0) is 25.0 Å². The molecule has 1 aliphatic heterocycles. The van der Waals surface area contributed by atoms with Crippen LogP contribution in [0.2, 0.25) is 0 Å². The van der Waals surface area contributed by atoms with Crippen molar-refractivity contribution < 1.29 is 18.4 Å². The molecule has 0 saturated carbocycles. The van der Waals surface area contributed by atoms with Crippen LogP contribution in [0, 0.1) is 5.82 Å². The third-order valence-electron chi connectivity index (χ3n) is 5.16. The number of rotatable bonds is 7. The van der Waals surface area contributed by atoms with E-state index in [-0.39, 0.29) is 11.6 Å². The Morgan fingerprint density at radius 2 is 2.03 bits per heavy atom. The molecular weight excluding hydrogens is 377 g/mol. The number of para-hydroxylation sites is 1. The molecular formula is C20H22FN5O3. The Hall–Kier alpha value is -2.91. The maximum Gasteiger partial charge on any atom is 0.259 e. The number of likely N-dealkylation sites (tertiary alicyclic amines) is 1. The molecule has 1 aliphatic rings. The lowest BCUT2D eigenvalue weighted by Gasteiger charge is -2.38. The number of ether oxygens (including phenoxy) is 2. The average Bonchev–Trinajstić information content (AvgIpc) is 3.27. The molecule has 0 atom stereocenters. The number of hydrogen-bond donors (Lipinski definition) is 0. The summed E-state index contributed by atoms with van der Waals surface area (Å²) in [6.07, 6.45) is 6.16. The van der Waals surface area contributed by atoms with Crippen LogP contribution in [0.1, 0.15) is 18.7 Å². The van der Waals surface area contributed by atoms with Crippen molar-refractivity contribution in [3.05, 3.63) is 54.6 Å². The topological polar surface area (TPSA) is 86.4 Å². The van der Waals surface area contributed by atoms with Crippen molar-refractivity contribution in [2.75, 3.05) is 33.4 Å². The minimum atomic E-state index is -0.629. The van der Waals surface area contributed by atoms with E-state index in [1.54, 1.807) is 43.9 Å². The number of aromatic nitrogens is 4. The molecule has 0 N–H and O–H groups in total. The Balaban J connectivity index is 1.34. The minimum Gasteiger partial charge on any atom is -0.489 e. The molecule has 0 radical (unpaired) electrons. The predicted molar refractivity (Wildman–Crippen MR) is 102 cm³/mol. The van der Waals surface area contributed by atoms with Gasteiger partial charge in [-0.3, -0.25) is 9.88 Å². The first-order chi connectivity index (χ1) is 14.2. The van der Waals surface area contributed by atoms with Crippen molar-refractivity contribution in [3.63, 3.8) is 0 Å². The SMILES string of the molecule is COC1(c2nc(-c3cnccn3)no2)CCN(CCOc2ccccc2F)CC1. The number of piperidine rings is 1. The third-order valence-corrected chi connectivity index (χ3v) is 5.16. The summed E-state index contributed by atoms with van der Waals surface area (Å²) >= 11 is 0. The van der Waals surface area contributed by atoms with E-state index in [0.717, 1.165) is 13.1 Å². The first kappa shape index (κ1) is 19.4. The van der Waals surface area contributed by atoms with E-state index >= 15 is 0 Å². The van der Waals surface area contributed by atoms with Gasteiger partial charge in [0.05, 0.1) is 6.20 Å². The molecule has 1 saturated heterocycles. The largest absolute Gasteiger partial charge is 0.489 e. The fraction of sp³-hybridized carbons (Fsp3) is 0.400. The highest BCUT2D eigenvalue weighted by Gasteiger charge is 2.41. The molecule has 0 amide bonds. The second-order valence-corrected chi connectivity index (χ2v) is 6.83. The van der Waals surface area contributed by atoms with Crippen LogP contribution in [0.15, 0.2) is 47.4 Å². The highest BCUT2D eigenvalue weighted by Crippen LogP contribution is 2.35. The van der Waals surface area contributed by atoms with Gasteiger partial charge in [-0.1, -0.05) is 17.3 Å². The van der Waals surface area contributed by atoms with Crippen molar-refractivity contribution in [1.29, 1.82) is 0 Å².